The van der Waals surface area contributed by atoms with E-state index in [9.17, 15) is 4.79 Å². The van der Waals surface area contributed by atoms with Crippen LogP contribution in [-0.2, 0) is 4.79 Å². The van der Waals surface area contributed by atoms with E-state index in [1.807, 2.05) is 29.3 Å². The standard InChI is InChI=1S/C14H13BrN2OS/c15-7-10-6-13(18)17(9-10)14-16-8-12(19-14)11-4-2-1-3-5-11/h1-5,8,10H,6-7,9H2. The van der Waals surface area contributed by atoms with E-state index in [0.29, 0.717) is 12.3 Å². The summed E-state index contributed by atoms with van der Waals surface area (Å²) in [6.45, 7) is 0.770. The van der Waals surface area contributed by atoms with Gasteiger partial charge >= 0.3 is 0 Å². The van der Waals surface area contributed by atoms with Gasteiger partial charge in [-0.2, -0.15) is 0 Å². The average molecular weight is 337 g/mol. The summed E-state index contributed by atoms with van der Waals surface area (Å²) >= 11 is 5.03. The molecule has 0 N–H and O–H groups in total. The SMILES string of the molecule is O=C1CC(CBr)CN1c1ncc(-c2ccccc2)s1. The molecule has 3 rings (SSSR count). The first kappa shape index (κ1) is 12.8. The largest absolute Gasteiger partial charge is 0.288 e. The maximum absolute atomic E-state index is 12.0. The van der Waals surface area contributed by atoms with Gasteiger partial charge in [-0.15, -0.1) is 0 Å². The van der Waals surface area contributed by atoms with Crippen molar-refractivity contribution in [3.8, 4) is 10.4 Å². The van der Waals surface area contributed by atoms with Crippen LogP contribution in [0.15, 0.2) is 36.5 Å². The molecule has 0 aliphatic carbocycles. The van der Waals surface area contributed by atoms with E-state index in [4.69, 9.17) is 0 Å². The molecule has 1 amide bonds. The first-order valence-electron chi connectivity index (χ1n) is 6.15. The van der Waals surface area contributed by atoms with Crippen molar-refractivity contribution in [2.45, 2.75) is 6.42 Å². The maximum Gasteiger partial charge on any atom is 0.229 e. The number of benzene rings is 1. The van der Waals surface area contributed by atoms with Crippen molar-refractivity contribution in [1.82, 2.24) is 4.98 Å². The lowest BCUT2D eigenvalue weighted by Crippen LogP contribution is -2.24. The Morgan fingerprint density at radius 1 is 1.37 bits per heavy atom. The molecule has 98 valence electrons. The van der Waals surface area contributed by atoms with Gasteiger partial charge in [-0.3, -0.25) is 9.69 Å². The fraction of sp³-hybridized carbons (Fsp3) is 0.286. The summed E-state index contributed by atoms with van der Waals surface area (Å²) in [6.07, 6.45) is 2.47. The number of alkyl halides is 1. The molecule has 3 nitrogen and oxygen atoms in total. The Kier molecular flexibility index (Phi) is 3.66. The van der Waals surface area contributed by atoms with E-state index < -0.39 is 0 Å². The number of nitrogens with zero attached hydrogens (tertiary/aromatic N) is 2. The fourth-order valence-corrected chi connectivity index (χ4v) is 3.58. The van der Waals surface area contributed by atoms with E-state index >= 15 is 0 Å². The molecule has 0 bridgehead atoms. The number of carbonyl (C=O) groups is 1. The lowest BCUT2D eigenvalue weighted by atomic mass is 10.2. The molecule has 2 heterocycles. The molecular formula is C14H13BrN2OS. The monoisotopic (exact) mass is 336 g/mol. The molecule has 0 radical (unpaired) electrons. The average Bonchev–Trinajstić information content (AvgIpc) is 3.06. The normalized spacial score (nSPS) is 19.1. The minimum atomic E-state index is 0.179. The van der Waals surface area contributed by atoms with Gasteiger partial charge in [-0.1, -0.05) is 57.6 Å². The summed E-state index contributed by atoms with van der Waals surface area (Å²) in [5.41, 5.74) is 1.15. The molecule has 0 saturated carbocycles. The van der Waals surface area contributed by atoms with Crippen molar-refractivity contribution < 1.29 is 4.79 Å². The number of carbonyl (C=O) groups excluding carboxylic acids is 1. The number of hydrogen-bond acceptors (Lipinski definition) is 3. The molecule has 5 heteroatoms. The molecule has 1 aromatic heterocycles. The Bertz CT molecular complexity index is 584. The summed E-state index contributed by atoms with van der Waals surface area (Å²) < 4.78 is 0. The highest BCUT2D eigenvalue weighted by molar-refractivity contribution is 9.09. The van der Waals surface area contributed by atoms with E-state index in [1.165, 1.54) is 0 Å². The minimum Gasteiger partial charge on any atom is -0.288 e. The number of rotatable bonds is 3. The summed E-state index contributed by atoms with van der Waals surface area (Å²) in [5, 5.41) is 1.68. The smallest absolute Gasteiger partial charge is 0.229 e. The number of anilines is 1. The van der Waals surface area contributed by atoms with Gasteiger partial charge < -0.3 is 0 Å². The molecule has 1 aliphatic rings. The van der Waals surface area contributed by atoms with Gasteiger partial charge in [0.25, 0.3) is 0 Å². The van der Waals surface area contributed by atoms with Gasteiger partial charge in [0.15, 0.2) is 5.13 Å². The third kappa shape index (κ3) is 2.58. The highest BCUT2D eigenvalue weighted by atomic mass is 79.9. The second-order valence-corrected chi connectivity index (χ2v) is 6.26. The summed E-state index contributed by atoms with van der Waals surface area (Å²) in [6, 6.07) is 10.1. The van der Waals surface area contributed by atoms with Crippen LogP contribution in [0.4, 0.5) is 5.13 Å². The number of halogens is 1. The first-order chi connectivity index (χ1) is 9.28. The van der Waals surface area contributed by atoms with Gasteiger partial charge in [-0.05, 0) is 11.5 Å². The van der Waals surface area contributed by atoms with Crippen LogP contribution in [0.5, 0.6) is 0 Å². The van der Waals surface area contributed by atoms with Crippen LogP contribution in [0.25, 0.3) is 10.4 Å². The molecular weight excluding hydrogens is 324 g/mol. The molecule has 0 spiro atoms. The molecule has 1 aromatic carbocycles. The summed E-state index contributed by atoms with van der Waals surface area (Å²) in [4.78, 5) is 19.3. The van der Waals surface area contributed by atoms with Crippen molar-refractivity contribution in [1.29, 1.82) is 0 Å². The van der Waals surface area contributed by atoms with Crippen LogP contribution in [0, 0.1) is 5.92 Å². The molecule has 2 aromatic rings. The zero-order chi connectivity index (χ0) is 13.2. The Morgan fingerprint density at radius 3 is 2.84 bits per heavy atom. The molecule has 1 saturated heterocycles. The second-order valence-electron chi connectivity index (χ2n) is 4.60. The topological polar surface area (TPSA) is 33.2 Å². The first-order valence-corrected chi connectivity index (χ1v) is 8.09. The van der Waals surface area contributed by atoms with Gasteiger partial charge in [0.1, 0.15) is 0 Å². The van der Waals surface area contributed by atoms with Crippen molar-refractivity contribution in [3.63, 3.8) is 0 Å². The highest BCUT2D eigenvalue weighted by Crippen LogP contribution is 2.34. The molecule has 1 aliphatic heterocycles. The highest BCUT2D eigenvalue weighted by Gasteiger charge is 2.31. The van der Waals surface area contributed by atoms with Crippen LogP contribution in [0.1, 0.15) is 6.42 Å². The number of hydrogen-bond donors (Lipinski definition) is 0. The number of amides is 1. The molecule has 1 fully saturated rings. The zero-order valence-corrected chi connectivity index (χ0v) is 12.7. The predicted molar refractivity (Wildman–Crippen MR) is 81.8 cm³/mol. The van der Waals surface area contributed by atoms with Crippen LogP contribution < -0.4 is 4.90 Å². The van der Waals surface area contributed by atoms with Gasteiger partial charge in [0.05, 0.1) is 4.88 Å². The Balaban J connectivity index is 1.84. The summed E-state index contributed by atoms with van der Waals surface area (Å²) in [5.74, 6) is 0.579. The molecule has 19 heavy (non-hydrogen) atoms. The predicted octanol–water partition coefficient (Wildman–Crippen LogP) is 3.56. The molecule has 1 unspecified atom stereocenters. The van der Waals surface area contributed by atoms with E-state index in [1.54, 1.807) is 11.3 Å². The van der Waals surface area contributed by atoms with Gasteiger partial charge in [0, 0.05) is 24.5 Å². The quantitative estimate of drug-likeness (QED) is 0.803. The fourth-order valence-electron chi connectivity index (χ4n) is 2.20. The van der Waals surface area contributed by atoms with Crippen LogP contribution in [0.2, 0.25) is 0 Å². The third-order valence-corrected chi connectivity index (χ3v) is 5.19. The van der Waals surface area contributed by atoms with E-state index in [0.717, 1.165) is 27.4 Å². The van der Waals surface area contributed by atoms with Crippen molar-refractivity contribution in [2.75, 3.05) is 16.8 Å². The Hall–Kier alpha value is -1.20. The molecule has 1 atom stereocenters. The second kappa shape index (κ2) is 5.43. The van der Waals surface area contributed by atoms with E-state index in [2.05, 4.69) is 33.0 Å². The van der Waals surface area contributed by atoms with Gasteiger partial charge in [0.2, 0.25) is 5.91 Å². The minimum absolute atomic E-state index is 0.179. The van der Waals surface area contributed by atoms with Crippen LogP contribution >= 0.6 is 27.3 Å². The lowest BCUT2D eigenvalue weighted by molar-refractivity contribution is -0.117. The Labute approximate surface area is 124 Å². The lowest BCUT2D eigenvalue weighted by Gasteiger charge is -2.11. The zero-order valence-electron chi connectivity index (χ0n) is 10.3. The third-order valence-electron chi connectivity index (χ3n) is 3.21. The van der Waals surface area contributed by atoms with Gasteiger partial charge in [-0.25, -0.2) is 4.98 Å². The van der Waals surface area contributed by atoms with Crippen molar-refractivity contribution in [3.05, 3.63) is 36.5 Å². The van der Waals surface area contributed by atoms with E-state index in [-0.39, 0.29) is 5.91 Å². The number of aromatic nitrogens is 1. The number of thiazole rings is 1. The maximum atomic E-state index is 12.0. The van der Waals surface area contributed by atoms with Crippen LogP contribution in [-0.4, -0.2) is 22.8 Å². The van der Waals surface area contributed by atoms with Crippen molar-refractivity contribution in [2.24, 2.45) is 5.92 Å². The van der Waals surface area contributed by atoms with Crippen LogP contribution in [0.3, 0.4) is 0 Å². The Morgan fingerprint density at radius 2 is 2.16 bits per heavy atom. The van der Waals surface area contributed by atoms with Crippen molar-refractivity contribution >= 4 is 38.3 Å². The summed E-state index contributed by atoms with van der Waals surface area (Å²) in [7, 11) is 0.